The summed E-state index contributed by atoms with van der Waals surface area (Å²) in [5.74, 6) is -2.98. The maximum absolute atomic E-state index is 12.2. The van der Waals surface area contributed by atoms with Gasteiger partial charge in [0.25, 0.3) is 0 Å². The van der Waals surface area contributed by atoms with Crippen molar-refractivity contribution in [2.45, 2.75) is 0 Å². The molecule has 2 N–H and O–H groups in total. The largest absolute Gasteiger partial charge is 0.478 e. The molecule has 0 saturated carbocycles. The molecule has 0 unspecified atom stereocenters. The smallest absolute Gasteiger partial charge is 0.336 e. The van der Waals surface area contributed by atoms with E-state index in [9.17, 15) is 14.4 Å². The zero-order valence-corrected chi connectivity index (χ0v) is 10.1. The minimum atomic E-state index is -1.37. The van der Waals surface area contributed by atoms with Gasteiger partial charge in [0.05, 0.1) is 11.1 Å². The van der Waals surface area contributed by atoms with Crippen LogP contribution in [-0.4, -0.2) is 27.9 Å². The van der Waals surface area contributed by atoms with Gasteiger partial charge in [0.15, 0.2) is 5.78 Å². The lowest BCUT2D eigenvalue weighted by atomic mass is 9.98. The van der Waals surface area contributed by atoms with Crippen molar-refractivity contribution in [2.75, 3.05) is 0 Å². The third-order valence-corrected chi connectivity index (χ3v) is 3.32. The van der Waals surface area contributed by atoms with Crippen LogP contribution >= 0.6 is 0 Å². The summed E-state index contributed by atoms with van der Waals surface area (Å²) in [6.45, 7) is 0. The fourth-order valence-corrected chi connectivity index (χ4v) is 2.43. The number of carboxylic acid groups (broad SMARTS) is 2. The Labute approximate surface area is 113 Å². The van der Waals surface area contributed by atoms with Crippen LogP contribution < -0.4 is 0 Å². The summed E-state index contributed by atoms with van der Waals surface area (Å²) in [5.41, 5.74) is 1.09. The van der Waals surface area contributed by atoms with Crippen LogP contribution in [-0.2, 0) is 0 Å². The molecule has 5 heteroatoms. The third kappa shape index (κ3) is 1.53. The molecule has 0 aromatic heterocycles. The fourth-order valence-electron chi connectivity index (χ4n) is 2.43. The number of hydrogen-bond acceptors (Lipinski definition) is 3. The summed E-state index contributed by atoms with van der Waals surface area (Å²) in [4.78, 5) is 34.5. The average Bonchev–Trinajstić information content (AvgIpc) is 2.71. The number of rotatable bonds is 2. The minimum absolute atomic E-state index is 0.230. The first-order valence-corrected chi connectivity index (χ1v) is 5.79. The topological polar surface area (TPSA) is 91.7 Å². The highest BCUT2D eigenvalue weighted by Crippen LogP contribution is 2.38. The van der Waals surface area contributed by atoms with E-state index >= 15 is 0 Å². The van der Waals surface area contributed by atoms with Crippen molar-refractivity contribution in [3.05, 3.63) is 58.7 Å². The quantitative estimate of drug-likeness (QED) is 0.744. The Morgan fingerprint density at radius 1 is 0.750 bits per heavy atom. The van der Waals surface area contributed by atoms with Gasteiger partial charge in [-0.2, -0.15) is 0 Å². The summed E-state index contributed by atoms with van der Waals surface area (Å²) >= 11 is 0. The zero-order chi connectivity index (χ0) is 14.4. The lowest BCUT2D eigenvalue weighted by Gasteiger charge is -2.05. The second-order valence-electron chi connectivity index (χ2n) is 4.43. The number of benzene rings is 2. The van der Waals surface area contributed by atoms with Crippen LogP contribution in [0.5, 0.6) is 0 Å². The lowest BCUT2D eigenvalue weighted by molar-refractivity contribution is 0.0651. The van der Waals surface area contributed by atoms with Crippen LogP contribution in [0.3, 0.4) is 0 Å². The summed E-state index contributed by atoms with van der Waals surface area (Å²) < 4.78 is 0. The third-order valence-electron chi connectivity index (χ3n) is 3.32. The van der Waals surface area contributed by atoms with Crippen molar-refractivity contribution in [3.8, 4) is 11.1 Å². The molecule has 0 atom stereocenters. The summed E-state index contributed by atoms with van der Waals surface area (Å²) in [5, 5.41) is 18.2. The van der Waals surface area contributed by atoms with Gasteiger partial charge in [-0.05, 0) is 23.3 Å². The number of hydrogen-bond donors (Lipinski definition) is 2. The van der Waals surface area contributed by atoms with E-state index in [0.29, 0.717) is 16.7 Å². The van der Waals surface area contributed by atoms with Crippen LogP contribution in [0.15, 0.2) is 36.4 Å². The van der Waals surface area contributed by atoms with Crippen molar-refractivity contribution >= 4 is 17.7 Å². The summed E-state index contributed by atoms with van der Waals surface area (Å²) in [6, 6.07) is 9.20. The lowest BCUT2D eigenvalue weighted by Crippen LogP contribution is -2.09. The molecule has 0 saturated heterocycles. The van der Waals surface area contributed by atoms with E-state index in [4.69, 9.17) is 10.2 Å². The van der Waals surface area contributed by atoms with E-state index in [1.165, 1.54) is 6.07 Å². The Kier molecular flexibility index (Phi) is 2.44. The van der Waals surface area contributed by atoms with Crippen molar-refractivity contribution in [2.24, 2.45) is 0 Å². The van der Waals surface area contributed by atoms with E-state index in [-0.39, 0.29) is 22.5 Å². The van der Waals surface area contributed by atoms with Crippen LogP contribution in [0.2, 0.25) is 0 Å². The first-order chi connectivity index (χ1) is 9.50. The predicted octanol–water partition coefficient (Wildman–Crippen LogP) is 2.29. The standard InChI is InChI=1S/C15H8O5/c16-13-8-4-2-1-3-7(8)9-5-11(14(17)18)12(15(19)20)6-10(9)13/h1-6H,(H,17,18)(H,19,20). The van der Waals surface area contributed by atoms with E-state index in [1.807, 2.05) is 0 Å². The Bertz CT molecular complexity index is 789. The monoisotopic (exact) mass is 268 g/mol. The Morgan fingerprint density at radius 3 is 1.80 bits per heavy atom. The Balaban J connectivity index is 2.36. The minimum Gasteiger partial charge on any atom is -0.478 e. The molecule has 0 radical (unpaired) electrons. The highest BCUT2D eigenvalue weighted by molar-refractivity contribution is 6.23. The van der Waals surface area contributed by atoms with E-state index in [2.05, 4.69) is 0 Å². The van der Waals surface area contributed by atoms with Gasteiger partial charge in [0.2, 0.25) is 0 Å². The van der Waals surface area contributed by atoms with Gasteiger partial charge in [-0.1, -0.05) is 24.3 Å². The normalized spacial score (nSPS) is 11.9. The van der Waals surface area contributed by atoms with Gasteiger partial charge >= 0.3 is 11.9 Å². The molecule has 3 rings (SSSR count). The molecule has 0 aliphatic heterocycles. The second-order valence-corrected chi connectivity index (χ2v) is 4.43. The Morgan fingerprint density at radius 2 is 1.25 bits per heavy atom. The van der Waals surface area contributed by atoms with Gasteiger partial charge in [-0.3, -0.25) is 4.79 Å². The molecule has 1 aliphatic carbocycles. The molecule has 20 heavy (non-hydrogen) atoms. The first kappa shape index (κ1) is 12.1. The highest BCUT2D eigenvalue weighted by atomic mass is 16.4. The SMILES string of the molecule is O=C(O)c1cc2c(cc1C(=O)O)-c1ccccc1C2=O. The molecule has 0 spiro atoms. The van der Waals surface area contributed by atoms with E-state index in [0.717, 1.165) is 6.07 Å². The number of carbonyl (C=O) groups excluding carboxylic acids is 1. The molecule has 5 nitrogen and oxygen atoms in total. The molecular formula is C15H8O5. The van der Waals surface area contributed by atoms with Crippen LogP contribution in [0.4, 0.5) is 0 Å². The molecule has 0 heterocycles. The van der Waals surface area contributed by atoms with Gasteiger partial charge < -0.3 is 10.2 Å². The van der Waals surface area contributed by atoms with Gasteiger partial charge in [0, 0.05) is 11.1 Å². The molecule has 0 amide bonds. The molecular weight excluding hydrogens is 260 g/mol. The van der Waals surface area contributed by atoms with Crippen molar-refractivity contribution in [3.63, 3.8) is 0 Å². The van der Waals surface area contributed by atoms with Gasteiger partial charge in [-0.15, -0.1) is 0 Å². The molecule has 0 bridgehead atoms. The Hall–Kier alpha value is -2.95. The molecule has 2 aromatic rings. The predicted molar refractivity (Wildman–Crippen MR) is 69.2 cm³/mol. The number of carbonyl (C=O) groups is 3. The van der Waals surface area contributed by atoms with Crippen molar-refractivity contribution < 1.29 is 24.6 Å². The van der Waals surface area contributed by atoms with Crippen LogP contribution in [0.25, 0.3) is 11.1 Å². The van der Waals surface area contributed by atoms with Crippen molar-refractivity contribution in [1.82, 2.24) is 0 Å². The highest BCUT2D eigenvalue weighted by Gasteiger charge is 2.30. The molecule has 98 valence electrons. The molecule has 2 aromatic carbocycles. The van der Waals surface area contributed by atoms with Crippen LogP contribution in [0, 0.1) is 0 Å². The van der Waals surface area contributed by atoms with Crippen LogP contribution in [0.1, 0.15) is 36.6 Å². The van der Waals surface area contributed by atoms with Gasteiger partial charge in [0.1, 0.15) is 0 Å². The average molecular weight is 268 g/mol. The molecule has 1 aliphatic rings. The number of ketones is 1. The second kappa shape index (κ2) is 4.03. The summed E-state index contributed by atoms with van der Waals surface area (Å²) in [7, 11) is 0. The summed E-state index contributed by atoms with van der Waals surface area (Å²) in [6.07, 6.45) is 0. The van der Waals surface area contributed by atoms with E-state index < -0.39 is 11.9 Å². The number of carboxylic acids is 2. The zero-order valence-electron chi connectivity index (χ0n) is 10.1. The maximum atomic E-state index is 12.2. The van der Waals surface area contributed by atoms with E-state index in [1.54, 1.807) is 24.3 Å². The van der Waals surface area contributed by atoms with Gasteiger partial charge in [-0.25, -0.2) is 9.59 Å². The maximum Gasteiger partial charge on any atom is 0.336 e. The van der Waals surface area contributed by atoms with Crippen molar-refractivity contribution in [1.29, 1.82) is 0 Å². The number of fused-ring (bicyclic) bond motifs is 3. The first-order valence-electron chi connectivity index (χ1n) is 5.79. The fraction of sp³-hybridized carbons (Fsp3) is 0. The number of aromatic carboxylic acids is 2. The molecule has 0 fully saturated rings.